The smallest absolute Gasteiger partial charge is 0.226 e. The summed E-state index contributed by atoms with van der Waals surface area (Å²) in [5, 5.41) is 5.78. The molecule has 1 aromatic rings. The SMILES string of the molecule is CSC1(CNC(=O)Cc2nc(CCl)cs2)CCC1. The van der Waals surface area contributed by atoms with Gasteiger partial charge in [0.1, 0.15) is 5.01 Å². The second-order valence-corrected chi connectivity index (χ2v) is 7.04. The molecule has 6 heteroatoms. The van der Waals surface area contributed by atoms with E-state index in [9.17, 15) is 4.79 Å². The lowest BCUT2D eigenvalue weighted by atomic mass is 9.84. The molecule has 0 aliphatic heterocycles. The summed E-state index contributed by atoms with van der Waals surface area (Å²) in [7, 11) is 0. The summed E-state index contributed by atoms with van der Waals surface area (Å²) in [5.74, 6) is 0.471. The zero-order valence-electron chi connectivity index (χ0n) is 10.4. The Morgan fingerprint density at radius 3 is 2.94 bits per heavy atom. The van der Waals surface area contributed by atoms with Gasteiger partial charge in [-0.3, -0.25) is 4.79 Å². The van der Waals surface area contributed by atoms with Crippen molar-refractivity contribution in [1.29, 1.82) is 0 Å². The van der Waals surface area contributed by atoms with Gasteiger partial charge in [-0.25, -0.2) is 4.98 Å². The molecule has 0 unspecified atom stereocenters. The number of rotatable bonds is 6. The second kappa shape index (κ2) is 6.26. The molecule has 1 amide bonds. The van der Waals surface area contributed by atoms with E-state index in [2.05, 4.69) is 16.6 Å². The number of hydrogen-bond donors (Lipinski definition) is 1. The van der Waals surface area contributed by atoms with Crippen LogP contribution in [0, 0.1) is 0 Å². The van der Waals surface area contributed by atoms with Crippen molar-refractivity contribution < 1.29 is 4.79 Å². The molecule has 1 aliphatic rings. The molecule has 1 N–H and O–H groups in total. The fraction of sp³-hybridized carbons (Fsp3) is 0.667. The Morgan fingerprint density at radius 2 is 2.44 bits per heavy atom. The van der Waals surface area contributed by atoms with Crippen LogP contribution in [-0.4, -0.2) is 28.4 Å². The van der Waals surface area contributed by atoms with Gasteiger partial charge in [-0.15, -0.1) is 22.9 Å². The lowest BCUT2D eigenvalue weighted by Crippen LogP contribution is -2.45. The van der Waals surface area contributed by atoms with Gasteiger partial charge in [0.15, 0.2) is 0 Å². The molecule has 0 aromatic carbocycles. The van der Waals surface area contributed by atoms with Crippen molar-refractivity contribution >= 4 is 40.6 Å². The van der Waals surface area contributed by atoms with Gasteiger partial charge in [0, 0.05) is 16.7 Å². The summed E-state index contributed by atoms with van der Waals surface area (Å²) in [5.41, 5.74) is 0.851. The minimum atomic E-state index is 0.0609. The second-order valence-electron chi connectivity index (χ2n) is 4.56. The third kappa shape index (κ3) is 3.39. The number of aromatic nitrogens is 1. The van der Waals surface area contributed by atoms with Crippen molar-refractivity contribution in [3.05, 3.63) is 16.1 Å². The van der Waals surface area contributed by atoms with Crippen LogP contribution in [0.4, 0.5) is 0 Å². The maximum absolute atomic E-state index is 11.8. The number of hydrogen-bond acceptors (Lipinski definition) is 4. The topological polar surface area (TPSA) is 42.0 Å². The summed E-state index contributed by atoms with van der Waals surface area (Å²) < 4.78 is 0.292. The van der Waals surface area contributed by atoms with Gasteiger partial charge in [0.25, 0.3) is 0 Å². The minimum Gasteiger partial charge on any atom is -0.354 e. The largest absolute Gasteiger partial charge is 0.354 e. The lowest BCUT2D eigenvalue weighted by molar-refractivity contribution is -0.120. The Morgan fingerprint density at radius 1 is 1.67 bits per heavy atom. The lowest BCUT2D eigenvalue weighted by Gasteiger charge is -2.40. The van der Waals surface area contributed by atoms with Crippen molar-refractivity contribution in [2.45, 2.75) is 36.3 Å². The molecule has 0 bridgehead atoms. The molecule has 1 aliphatic carbocycles. The number of halogens is 1. The first-order chi connectivity index (χ1) is 8.67. The molecule has 1 heterocycles. The van der Waals surface area contributed by atoms with E-state index < -0.39 is 0 Å². The van der Waals surface area contributed by atoms with Crippen LogP contribution >= 0.6 is 34.7 Å². The number of thioether (sulfide) groups is 1. The van der Waals surface area contributed by atoms with E-state index in [0.29, 0.717) is 17.0 Å². The van der Waals surface area contributed by atoms with E-state index in [1.165, 1.54) is 30.6 Å². The van der Waals surface area contributed by atoms with Crippen LogP contribution in [0.15, 0.2) is 5.38 Å². The average Bonchev–Trinajstić information content (AvgIpc) is 2.76. The minimum absolute atomic E-state index is 0.0609. The van der Waals surface area contributed by atoms with Gasteiger partial charge >= 0.3 is 0 Å². The summed E-state index contributed by atoms with van der Waals surface area (Å²) >= 11 is 9.05. The van der Waals surface area contributed by atoms with Gasteiger partial charge in [0.05, 0.1) is 18.0 Å². The Bertz CT molecular complexity index is 412. The van der Waals surface area contributed by atoms with Crippen LogP contribution in [0.25, 0.3) is 0 Å². The van der Waals surface area contributed by atoms with Gasteiger partial charge in [-0.2, -0.15) is 11.8 Å². The van der Waals surface area contributed by atoms with E-state index >= 15 is 0 Å². The van der Waals surface area contributed by atoms with Crippen LogP contribution in [0.5, 0.6) is 0 Å². The van der Waals surface area contributed by atoms with Crippen molar-refractivity contribution in [1.82, 2.24) is 10.3 Å². The van der Waals surface area contributed by atoms with E-state index in [4.69, 9.17) is 11.6 Å². The molecule has 1 aromatic heterocycles. The molecule has 0 atom stereocenters. The Kier molecular flexibility index (Phi) is 4.92. The maximum atomic E-state index is 11.8. The first-order valence-electron chi connectivity index (χ1n) is 5.98. The van der Waals surface area contributed by atoms with Crippen LogP contribution in [0.3, 0.4) is 0 Å². The average molecular weight is 305 g/mol. The van der Waals surface area contributed by atoms with Gasteiger partial charge < -0.3 is 5.32 Å². The molecule has 18 heavy (non-hydrogen) atoms. The number of alkyl halides is 1. The highest BCUT2D eigenvalue weighted by atomic mass is 35.5. The number of nitrogens with one attached hydrogen (secondary N) is 1. The number of carbonyl (C=O) groups is 1. The molecular weight excluding hydrogens is 288 g/mol. The Hall–Kier alpha value is -0.260. The highest BCUT2D eigenvalue weighted by Gasteiger charge is 2.36. The molecule has 0 radical (unpaired) electrons. The summed E-state index contributed by atoms with van der Waals surface area (Å²) in [6, 6.07) is 0. The van der Waals surface area contributed by atoms with E-state index in [1.807, 2.05) is 17.1 Å². The molecule has 3 nitrogen and oxygen atoms in total. The molecule has 0 saturated heterocycles. The van der Waals surface area contributed by atoms with Gasteiger partial charge in [0.2, 0.25) is 5.91 Å². The summed E-state index contributed by atoms with van der Waals surface area (Å²) in [6.45, 7) is 0.779. The first-order valence-corrected chi connectivity index (χ1v) is 8.62. The normalized spacial score (nSPS) is 17.2. The van der Waals surface area contributed by atoms with Gasteiger partial charge in [-0.1, -0.05) is 6.42 Å². The molecule has 0 spiro atoms. The van der Waals surface area contributed by atoms with E-state index in [-0.39, 0.29) is 5.91 Å². The third-order valence-electron chi connectivity index (χ3n) is 3.35. The van der Waals surface area contributed by atoms with Gasteiger partial charge in [-0.05, 0) is 19.1 Å². The van der Waals surface area contributed by atoms with E-state index in [1.54, 1.807) is 0 Å². The van der Waals surface area contributed by atoms with Crippen molar-refractivity contribution in [3.63, 3.8) is 0 Å². The molecule has 1 saturated carbocycles. The van der Waals surface area contributed by atoms with Crippen LogP contribution in [0.1, 0.15) is 30.0 Å². The zero-order chi connectivity index (χ0) is 13.0. The fourth-order valence-corrected chi connectivity index (χ4v) is 3.91. The predicted molar refractivity (Wildman–Crippen MR) is 78.5 cm³/mol. The van der Waals surface area contributed by atoms with Crippen molar-refractivity contribution in [3.8, 4) is 0 Å². The standard InChI is InChI=1S/C12H17ClN2OS2/c1-17-12(3-2-4-12)8-14-10(16)5-11-15-9(6-13)7-18-11/h7H,2-6,8H2,1H3,(H,14,16). The van der Waals surface area contributed by atoms with Crippen molar-refractivity contribution in [2.24, 2.45) is 0 Å². The molecule has 2 rings (SSSR count). The molecule has 1 fully saturated rings. The zero-order valence-corrected chi connectivity index (χ0v) is 12.8. The highest BCUT2D eigenvalue weighted by molar-refractivity contribution is 8.00. The molecular formula is C12H17ClN2OS2. The third-order valence-corrected chi connectivity index (χ3v) is 5.94. The predicted octanol–water partition coefficient (Wildman–Crippen LogP) is 2.83. The van der Waals surface area contributed by atoms with Crippen LogP contribution < -0.4 is 5.32 Å². The van der Waals surface area contributed by atoms with Crippen LogP contribution in [-0.2, 0) is 17.1 Å². The number of carbonyl (C=O) groups excluding carboxylic acids is 1. The number of nitrogens with zero attached hydrogens (tertiary/aromatic N) is 1. The Labute approximate surface area is 121 Å². The first kappa shape index (κ1) is 14.2. The maximum Gasteiger partial charge on any atom is 0.226 e. The summed E-state index contributed by atoms with van der Waals surface area (Å²) in [6.07, 6.45) is 6.19. The number of thiazole rings is 1. The number of amides is 1. The fourth-order valence-electron chi connectivity index (χ4n) is 1.98. The quantitative estimate of drug-likeness (QED) is 0.822. The summed E-state index contributed by atoms with van der Waals surface area (Å²) in [4.78, 5) is 16.1. The van der Waals surface area contributed by atoms with Crippen molar-refractivity contribution in [2.75, 3.05) is 12.8 Å². The Balaban J connectivity index is 1.78. The monoisotopic (exact) mass is 304 g/mol. The van der Waals surface area contributed by atoms with Crippen LogP contribution in [0.2, 0.25) is 0 Å². The van der Waals surface area contributed by atoms with E-state index in [0.717, 1.165) is 17.2 Å². The highest BCUT2D eigenvalue weighted by Crippen LogP contribution is 2.42. The molecule has 100 valence electrons.